The maximum absolute atomic E-state index is 6.24. The lowest BCUT2D eigenvalue weighted by molar-refractivity contribution is 0.123. The fourth-order valence-corrected chi connectivity index (χ4v) is 2.52. The summed E-state index contributed by atoms with van der Waals surface area (Å²) in [6.07, 6.45) is 2.09. The van der Waals surface area contributed by atoms with Crippen LogP contribution in [-0.2, 0) is 4.74 Å². The van der Waals surface area contributed by atoms with Gasteiger partial charge in [-0.05, 0) is 36.5 Å². The monoisotopic (exact) mass is 317 g/mol. The van der Waals surface area contributed by atoms with Crippen molar-refractivity contribution in [1.82, 2.24) is 5.32 Å². The van der Waals surface area contributed by atoms with E-state index >= 15 is 0 Å². The number of ether oxygens (including phenoxy) is 1. The van der Waals surface area contributed by atoms with Crippen molar-refractivity contribution in [2.24, 2.45) is 5.92 Å². The Hall–Kier alpha value is -0.280. The molecule has 2 nitrogen and oxygen atoms in total. The first-order valence-electron chi connectivity index (χ1n) is 7.30. The topological polar surface area (TPSA) is 21.3 Å². The van der Waals surface area contributed by atoms with Crippen molar-refractivity contribution >= 4 is 23.2 Å². The molecule has 1 aromatic rings. The number of rotatable bonds is 9. The SMILES string of the molecule is CCC(NCCOCCC(C)C)c1ccc(Cl)cc1Cl. The molecule has 4 heteroatoms. The highest BCUT2D eigenvalue weighted by atomic mass is 35.5. The minimum atomic E-state index is 0.244. The third-order valence-corrected chi connectivity index (χ3v) is 3.79. The first-order valence-corrected chi connectivity index (χ1v) is 8.06. The van der Waals surface area contributed by atoms with Crippen LogP contribution in [0.15, 0.2) is 18.2 Å². The molecule has 0 spiro atoms. The van der Waals surface area contributed by atoms with Crippen LogP contribution in [0.5, 0.6) is 0 Å². The molecule has 1 atom stereocenters. The Balaban J connectivity index is 2.36. The van der Waals surface area contributed by atoms with Gasteiger partial charge in [-0.3, -0.25) is 0 Å². The number of halogens is 2. The van der Waals surface area contributed by atoms with Crippen LogP contribution < -0.4 is 5.32 Å². The highest BCUT2D eigenvalue weighted by Gasteiger charge is 2.12. The van der Waals surface area contributed by atoms with Gasteiger partial charge in [0.15, 0.2) is 0 Å². The second kappa shape index (κ2) is 9.62. The van der Waals surface area contributed by atoms with Crippen molar-refractivity contribution in [2.45, 2.75) is 39.7 Å². The van der Waals surface area contributed by atoms with Crippen molar-refractivity contribution < 1.29 is 4.74 Å². The second-order valence-electron chi connectivity index (χ2n) is 5.38. The summed E-state index contributed by atoms with van der Waals surface area (Å²) in [6, 6.07) is 5.91. The van der Waals surface area contributed by atoms with E-state index in [1.165, 1.54) is 0 Å². The fourth-order valence-electron chi connectivity index (χ4n) is 1.98. The summed E-state index contributed by atoms with van der Waals surface area (Å²) in [6.45, 7) is 8.94. The van der Waals surface area contributed by atoms with Crippen molar-refractivity contribution in [2.75, 3.05) is 19.8 Å². The van der Waals surface area contributed by atoms with E-state index in [4.69, 9.17) is 27.9 Å². The quantitative estimate of drug-likeness (QED) is 0.640. The van der Waals surface area contributed by atoms with Crippen molar-refractivity contribution in [3.63, 3.8) is 0 Å². The van der Waals surface area contributed by atoms with Crippen LogP contribution in [0.3, 0.4) is 0 Å². The summed E-state index contributed by atoms with van der Waals surface area (Å²) in [7, 11) is 0. The van der Waals surface area contributed by atoms with Crippen molar-refractivity contribution in [3.05, 3.63) is 33.8 Å². The molecule has 0 heterocycles. The van der Waals surface area contributed by atoms with E-state index in [2.05, 4.69) is 26.1 Å². The predicted octanol–water partition coefficient (Wildman–Crippen LogP) is 5.10. The van der Waals surface area contributed by atoms with Gasteiger partial charge in [0.2, 0.25) is 0 Å². The standard InChI is InChI=1S/C16H25Cl2NO/c1-4-16(14-6-5-13(17)11-15(14)18)19-8-10-20-9-7-12(2)3/h5-6,11-12,16,19H,4,7-10H2,1-3H3. The zero-order valence-electron chi connectivity index (χ0n) is 12.6. The zero-order chi connectivity index (χ0) is 15.0. The molecule has 1 rings (SSSR count). The molecule has 0 aromatic heterocycles. The van der Waals surface area contributed by atoms with E-state index in [1.54, 1.807) is 6.07 Å². The first kappa shape index (κ1) is 17.8. The van der Waals surface area contributed by atoms with Crippen LogP contribution in [-0.4, -0.2) is 19.8 Å². The Morgan fingerprint density at radius 2 is 1.95 bits per heavy atom. The van der Waals surface area contributed by atoms with Gasteiger partial charge in [-0.1, -0.05) is 50.0 Å². The molecule has 0 aliphatic heterocycles. The lowest BCUT2D eigenvalue weighted by Crippen LogP contribution is -2.25. The zero-order valence-corrected chi connectivity index (χ0v) is 14.1. The number of hydrogen-bond acceptors (Lipinski definition) is 2. The van der Waals surface area contributed by atoms with Gasteiger partial charge in [-0.15, -0.1) is 0 Å². The highest BCUT2D eigenvalue weighted by molar-refractivity contribution is 6.35. The fraction of sp³-hybridized carbons (Fsp3) is 0.625. The molecular formula is C16H25Cl2NO. The average molecular weight is 318 g/mol. The molecule has 20 heavy (non-hydrogen) atoms. The van der Waals surface area contributed by atoms with Gasteiger partial charge in [0, 0.05) is 29.2 Å². The van der Waals surface area contributed by atoms with E-state index in [1.807, 2.05) is 12.1 Å². The summed E-state index contributed by atoms with van der Waals surface area (Å²) >= 11 is 12.2. The molecule has 0 radical (unpaired) electrons. The first-order chi connectivity index (χ1) is 9.54. The van der Waals surface area contributed by atoms with Crippen LogP contribution in [0.25, 0.3) is 0 Å². The molecule has 1 unspecified atom stereocenters. The molecule has 0 bridgehead atoms. The van der Waals surface area contributed by atoms with Gasteiger partial charge >= 0.3 is 0 Å². The molecule has 0 saturated heterocycles. The third kappa shape index (κ3) is 6.45. The van der Waals surface area contributed by atoms with Gasteiger partial charge in [0.25, 0.3) is 0 Å². The molecule has 0 amide bonds. The molecule has 0 saturated carbocycles. The summed E-state index contributed by atoms with van der Waals surface area (Å²) in [5.74, 6) is 0.694. The summed E-state index contributed by atoms with van der Waals surface area (Å²) in [4.78, 5) is 0. The van der Waals surface area contributed by atoms with E-state index < -0.39 is 0 Å². The smallest absolute Gasteiger partial charge is 0.0591 e. The number of hydrogen-bond donors (Lipinski definition) is 1. The summed E-state index contributed by atoms with van der Waals surface area (Å²) in [5.41, 5.74) is 1.10. The Kier molecular flexibility index (Phi) is 8.55. The van der Waals surface area contributed by atoms with Crippen LogP contribution in [0, 0.1) is 5.92 Å². The van der Waals surface area contributed by atoms with Crippen LogP contribution in [0.4, 0.5) is 0 Å². The predicted molar refractivity (Wildman–Crippen MR) is 87.8 cm³/mol. The normalized spacial score (nSPS) is 12.9. The molecule has 0 aliphatic rings. The van der Waals surface area contributed by atoms with E-state index in [0.717, 1.165) is 43.2 Å². The summed E-state index contributed by atoms with van der Waals surface area (Å²) in [5, 5.41) is 4.87. The number of benzene rings is 1. The minimum Gasteiger partial charge on any atom is -0.380 e. The van der Waals surface area contributed by atoms with Gasteiger partial charge in [0.1, 0.15) is 0 Å². The van der Waals surface area contributed by atoms with Crippen molar-refractivity contribution in [1.29, 1.82) is 0 Å². The lowest BCUT2D eigenvalue weighted by Gasteiger charge is -2.19. The van der Waals surface area contributed by atoms with Gasteiger partial charge in [-0.25, -0.2) is 0 Å². The van der Waals surface area contributed by atoms with E-state index in [0.29, 0.717) is 10.9 Å². The molecule has 0 aliphatic carbocycles. The molecule has 1 N–H and O–H groups in total. The van der Waals surface area contributed by atoms with Gasteiger partial charge in [-0.2, -0.15) is 0 Å². The van der Waals surface area contributed by atoms with Gasteiger partial charge in [0.05, 0.1) is 6.61 Å². The largest absolute Gasteiger partial charge is 0.380 e. The van der Waals surface area contributed by atoms with Crippen LogP contribution in [0.1, 0.15) is 45.2 Å². The van der Waals surface area contributed by atoms with Gasteiger partial charge < -0.3 is 10.1 Å². The van der Waals surface area contributed by atoms with E-state index in [9.17, 15) is 0 Å². The Morgan fingerprint density at radius 3 is 2.55 bits per heavy atom. The lowest BCUT2D eigenvalue weighted by atomic mass is 10.0. The van der Waals surface area contributed by atoms with E-state index in [-0.39, 0.29) is 6.04 Å². The Labute approximate surface area is 132 Å². The molecular weight excluding hydrogens is 293 g/mol. The molecule has 1 aromatic carbocycles. The summed E-state index contributed by atoms with van der Waals surface area (Å²) < 4.78 is 5.61. The van der Waals surface area contributed by atoms with Crippen LogP contribution in [0.2, 0.25) is 10.0 Å². The Bertz CT molecular complexity index is 396. The maximum Gasteiger partial charge on any atom is 0.0591 e. The minimum absolute atomic E-state index is 0.244. The average Bonchev–Trinajstić information content (AvgIpc) is 2.39. The van der Waals surface area contributed by atoms with Crippen molar-refractivity contribution in [3.8, 4) is 0 Å². The number of nitrogens with one attached hydrogen (secondary N) is 1. The molecule has 0 fully saturated rings. The van der Waals surface area contributed by atoms with Crippen LogP contribution >= 0.6 is 23.2 Å². The molecule has 114 valence electrons. The maximum atomic E-state index is 6.24. The highest BCUT2D eigenvalue weighted by Crippen LogP contribution is 2.27. The Morgan fingerprint density at radius 1 is 1.20 bits per heavy atom. The second-order valence-corrected chi connectivity index (χ2v) is 6.22. The third-order valence-electron chi connectivity index (χ3n) is 3.22.